The van der Waals surface area contributed by atoms with Gasteiger partial charge in [0.1, 0.15) is 18.7 Å². The first kappa shape index (κ1) is 20.8. The van der Waals surface area contributed by atoms with Crippen LogP contribution in [0.4, 0.5) is 10.6 Å². The third-order valence-electron chi connectivity index (χ3n) is 5.85. The Bertz CT molecular complexity index is 973. The van der Waals surface area contributed by atoms with Crippen LogP contribution in [0.3, 0.4) is 0 Å². The summed E-state index contributed by atoms with van der Waals surface area (Å²) in [4.78, 5) is 47.1. The number of nitrogens with one attached hydrogen (secondary N) is 2. The lowest BCUT2D eigenvalue weighted by Crippen LogP contribution is -2.49. The van der Waals surface area contributed by atoms with Crippen molar-refractivity contribution in [3.63, 3.8) is 0 Å². The van der Waals surface area contributed by atoms with Crippen molar-refractivity contribution in [1.82, 2.24) is 20.2 Å². The van der Waals surface area contributed by atoms with E-state index < -0.39 is 17.5 Å². The fourth-order valence-corrected chi connectivity index (χ4v) is 3.97. The predicted molar refractivity (Wildman–Crippen MR) is 112 cm³/mol. The van der Waals surface area contributed by atoms with Crippen molar-refractivity contribution < 1.29 is 19.1 Å². The maximum atomic E-state index is 12.9. The summed E-state index contributed by atoms with van der Waals surface area (Å²) in [6.07, 6.45) is 7.82. The Hall–Kier alpha value is -3.49. The molecular formula is C22H25N5O4. The van der Waals surface area contributed by atoms with Crippen molar-refractivity contribution in [2.45, 2.75) is 44.8 Å². The number of carbonyl (C=O) groups is 3. The molecule has 162 valence electrons. The van der Waals surface area contributed by atoms with Crippen LogP contribution in [0, 0.1) is 5.92 Å². The molecule has 0 atom stereocenters. The van der Waals surface area contributed by atoms with E-state index in [1.54, 1.807) is 24.5 Å². The first-order chi connectivity index (χ1) is 15.0. The number of hydrogen-bond acceptors (Lipinski definition) is 6. The lowest BCUT2D eigenvalue weighted by Gasteiger charge is -2.33. The first-order valence-corrected chi connectivity index (χ1v) is 10.4. The molecule has 2 aromatic heterocycles. The van der Waals surface area contributed by atoms with Crippen molar-refractivity contribution in [1.29, 1.82) is 0 Å². The Morgan fingerprint density at radius 2 is 1.97 bits per heavy atom. The highest BCUT2D eigenvalue weighted by Crippen LogP contribution is 2.36. The number of nitrogens with zero attached hydrogens (tertiary/aromatic N) is 3. The van der Waals surface area contributed by atoms with Crippen LogP contribution in [-0.4, -0.2) is 44.8 Å². The number of hydrogen-bond donors (Lipinski definition) is 2. The molecule has 31 heavy (non-hydrogen) atoms. The van der Waals surface area contributed by atoms with E-state index in [9.17, 15) is 14.4 Å². The summed E-state index contributed by atoms with van der Waals surface area (Å²) in [6, 6.07) is 6.52. The number of ether oxygens (including phenoxy) is 1. The normalized spacial score (nSPS) is 23.0. The zero-order valence-corrected chi connectivity index (χ0v) is 17.3. The molecule has 0 radical (unpaired) electrons. The van der Waals surface area contributed by atoms with Crippen LogP contribution < -0.4 is 15.4 Å². The van der Waals surface area contributed by atoms with Crippen LogP contribution in [0.15, 0.2) is 42.9 Å². The average Bonchev–Trinajstić information content (AvgIpc) is 3.00. The van der Waals surface area contributed by atoms with Gasteiger partial charge in [0, 0.05) is 18.6 Å². The minimum atomic E-state index is -0.867. The van der Waals surface area contributed by atoms with Crippen molar-refractivity contribution in [3.8, 4) is 5.75 Å². The summed E-state index contributed by atoms with van der Waals surface area (Å²) in [5.74, 6) is 0.312. The van der Waals surface area contributed by atoms with Gasteiger partial charge >= 0.3 is 6.03 Å². The van der Waals surface area contributed by atoms with Gasteiger partial charge in [0.05, 0.1) is 0 Å². The molecule has 1 saturated carbocycles. The van der Waals surface area contributed by atoms with Crippen LogP contribution in [0.25, 0.3) is 0 Å². The second kappa shape index (κ2) is 8.71. The largest absolute Gasteiger partial charge is 0.485 e. The molecule has 2 N–H and O–H groups in total. The van der Waals surface area contributed by atoms with Crippen molar-refractivity contribution in [2.24, 2.45) is 5.92 Å². The van der Waals surface area contributed by atoms with Gasteiger partial charge in [0.2, 0.25) is 5.91 Å². The van der Waals surface area contributed by atoms with Gasteiger partial charge in [0.15, 0.2) is 11.6 Å². The quantitative estimate of drug-likeness (QED) is 0.690. The highest BCUT2D eigenvalue weighted by Gasteiger charge is 2.52. The van der Waals surface area contributed by atoms with Gasteiger partial charge in [-0.1, -0.05) is 6.92 Å². The fourth-order valence-electron chi connectivity index (χ4n) is 3.97. The molecule has 9 heteroatoms. The number of pyridine rings is 2. The van der Waals surface area contributed by atoms with Crippen molar-refractivity contribution in [3.05, 3.63) is 48.4 Å². The van der Waals surface area contributed by atoms with Crippen molar-refractivity contribution in [2.75, 3.05) is 11.9 Å². The maximum Gasteiger partial charge on any atom is 0.325 e. The molecule has 1 saturated heterocycles. The summed E-state index contributed by atoms with van der Waals surface area (Å²) in [5, 5.41) is 5.47. The molecule has 2 fully saturated rings. The SMILES string of the molecule is CC1CCC2(CC1)NC(=O)N(CC(=O)Nc1ncccc1OCc1ccncc1)C2=O. The average molecular weight is 423 g/mol. The molecule has 1 aliphatic heterocycles. The molecule has 0 aromatic carbocycles. The number of urea groups is 1. The second-order valence-corrected chi connectivity index (χ2v) is 8.13. The highest BCUT2D eigenvalue weighted by molar-refractivity contribution is 6.10. The van der Waals surface area contributed by atoms with Gasteiger partial charge in [-0.25, -0.2) is 9.78 Å². The summed E-state index contributed by atoms with van der Waals surface area (Å²) in [7, 11) is 0. The Balaban J connectivity index is 1.39. The topological polar surface area (TPSA) is 114 Å². The number of amides is 4. The van der Waals surface area contributed by atoms with Crippen LogP contribution in [-0.2, 0) is 16.2 Å². The third-order valence-corrected chi connectivity index (χ3v) is 5.85. The number of imide groups is 1. The Morgan fingerprint density at radius 3 is 2.71 bits per heavy atom. The Morgan fingerprint density at radius 1 is 1.23 bits per heavy atom. The van der Waals surface area contributed by atoms with Crippen LogP contribution >= 0.6 is 0 Å². The molecule has 2 aliphatic rings. The predicted octanol–water partition coefficient (Wildman–Crippen LogP) is 2.49. The molecule has 1 spiro atoms. The molecule has 3 heterocycles. The van der Waals surface area contributed by atoms with Gasteiger partial charge in [0.25, 0.3) is 5.91 Å². The maximum absolute atomic E-state index is 12.9. The Labute approximate surface area is 180 Å². The van der Waals surface area contributed by atoms with E-state index >= 15 is 0 Å². The van der Waals surface area contributed by atoms with Gasteiger partial charge in [-0.05, 0) is 61.4 Å². The lowest BCUT2D eigenvalue weighted by molar-refractivity contribution is -0.135. The first-order valence-electron chi connectivity index (χ1n) is 10.4. The number of rotatable bonds is 6. The summed E-state index contributed by atoms with van der Waals surface area (Å²) >= 11 is 0. The molecule has 4 amide bonds. The van der Waals surface area contributed by atoms with E-state index in [0.717, 1.165) is 23.3 Å². The fraction of sp³-hybridized carbons (Fsp3) is 0.409. The summed E-state index contributed by atoms with van der Waals surface area (Å²) in [5.41, 5.74) is 0.0517. The molecule has 2 aromatic rings. The van der Waals surface area contributed by atoms with E-state index in [2.05, 4.69) is 27.5 Å². The zero-order valence-electron chi connectivity index (χ0n) is 17.3. The number of anilines is 1. The van der Waals surface area contributed by atoms with E-state index in [0.29, 0.717) is 24.5 Å². The molecule has 4 rings (SSSR count). The Kier molecular flexibility index (Phi) is 5.83. The van der Waals surface area contributed by atoms with Crippen LogP contribution in [0.2, 0.25) is 0 Å². The van der Waals surface area contributed by atoms with Gasteiger partial charge in [-0.2, -0.15) is 0 Å². The molecule has 9 nitrogen and oxygen atoms in total. The zero-order chi connectivity index (χ0) is 21.8. The van der Waals surface area contributed by atoms with E-state index in [4.69, 9.17) is 4.74 Å². The van der Waals surface area contributed by atoms with Crippen LogP contribution in [0.5, 0.6) is 5.75 Å². The molecular weight excluding hydrogens is 398 g/mol. The van der Waals surface area contributed by atoms with E-state index in [1.165, 1.54) is 6.20 Å². The van der Waals surface area contributed by atoms with Gasteiger partial charge < -0.3 is 15.4 Å². The van der Waals surface area contributed by atoms with E-state index in [-0.39, 0.29) is 24.9 Å². The van der Waals surface area contributed by atoms with E-state index in [1.807, 2.05) is 12.1 Å². The summed E-state index contributed by atoms with van der Waals surface area (Å²) < 4.78 is 5.77. The minimum Gasteiger partial charge on any atom is -0.485 e. The van der Waals surface area contributed by atoms with Gasteiger partial charge in [-0.3, -0.25) is 19.5 Å². The monoisotopic (exact) mass is 423 g/mol. The molecule has 0 bridgehead atoms. The molecule has 0 unspecified atom stereocenters. The number of aromatic nitrogens is 2. The van der Waals surface area contributed by atoms with Gasteiger partial charge in [-0.15, -0.1) is 0 Å². The lowest BCUT2D eigenvalue weighted by atomic mass is 9.77. The second-order valence-electron chi connectivity index (χ2n) is 8.13. The standard InChI is InChI=1S/C22H25N5O4/c1-15-4-8-22(9-5-15)20(29)27(21(30)26-22)13-18(28)25-19-17(3-2-10-24-19)31-14-16-6-11-23-12-7-16/h2-3,6-7,10-12,15H,4-5,8-9,13-14H2,1H3,(H,26,30)(H,24,25,28). The minimum absolute atomic E-state index is 0.231. The van der Waals surface area contributed by atoms with Crippen molar-refractivity contribution >= 4 is 23.7 Å². The number of carbonyl (C=O) groups excluding carboxylic acids is 3. The highest BCUT2D eigenvalue weighted by atomic mass is 16.5. The van der Waals surface area contributed by atoms with Crippen LogP contribution in [0.1, 0.15) is 38.2 Å². The smallest absolute Gasteiger partial charge is 0.325 e. The summed E-state index contributed by atoms with van der Waals surface area (Å²) in [6.45, 7) is 2.05. The molecule has 1 aliphatic carbocycles. The third kappa shape index (κ3) is 4.50.